The first-order valence-electron chi connectivity index (χ1n) is 4.94. The molecule has 2 rings (SSSR count). The maximum absolute atomic E-state index is 9.56. The molecule has 1 aliphatic carbocycles. The summed E-state index contributed by atoms with van der Waals surface area (Å²) < 4.78 is 4.56. The molecule has 1 aliphatic rings. The van der Waals surface area contributed by atoms with Crippen molar-refractivity contribution in [1.29, 1.82) is 0 Å². The van der Waals surface area contributed by atoms with Crippen LogP contribution in [0.4, 0.5) is 0 Å². The molecule has 2 N–H and O–H groups in total. The zero-order valence-electron chi connectivity index (χ0n) is 8.23. The van der Waals surface area contributed by atoms with Crippen LogP contribution in [0.3, 0.4) is 0 Å². The van der Waals surface area contributed by atoms with Crippen molar-refractivity contribution in [3.05, 3.63) is 11.4 Å². The Morgan fingerprint density at radius 2 is 2.36 bits per heavy atom. The van der Waals surface area contributed by atoms with Crippen LogP contribution in [-0.2, 0) is 6.54 Å². The van der Waals surface area contributed by atoms with E-state index in [1.54, 1.807) is 0 Å². The molecular formula is C9H15N3O2. The number of hydrogen-bond acceptors (Lipinski definition) is 5. The number of aryl methyl sites for hydroxylation is 1. The Labute approximate surface area is 82.5 Å². The van der Waals surface area contributed by atoms with Crippen LogP contribution in [0, 0.1) is 12.8 Å². The van der Waals surface area contributed by atoms with Gasteiger partial charge in [-0.2, -0.15) is 0 Å². The molecular weight excluding hydrogens is 182 g/mol. The molecule has 0 saturated heterocycles. The number of aliphatic hydroxyl groups excluding tert-OH is 1. The summed E-state index contributed by atoms with van der Waals surface area (Å²) >= 11 is 0. The van der Waals surface area contributed by atoms with Crippen LogP contribution in [0.1, 0.15) is 24.2 Å². The number of hydrogen-bond donors (Lipinski definition) is 2. The molecule has 0 aliphatic heterocycles. The molecule has 1 heterocycles. The monoisotopic (exact) mass is 197 g/mol. The molecule has 0 aromatic carbocycles. The first kappa shape index (κ1) is 9.61. The van der Waals surface area contributed by atoms with Crippen LogP contribution >= 0.6 is 0 Å². The number of nitrogens with zero attached hydrogens (tertiary/aromatic N) is 2. The average Bonchev–Trinajstić information content (AvgIpc) is 2.93. The van der Waals surface area contributed by atoms with Gasteiger partial charge in [-0.15, -0.1) is 0 Å². The molecule has 0 spiro atoms. The molecule has 1 saturated carbocycles. The van der Waals surface area contributed by atoms with Crippen molar-refractivity contribution in [2.24, 2.45) is 5.92 Å². The van der Waals surface area contributed by atoms with E-state index >= 15 is 0 Å². The second-order valence-corrected chi connectivity index (χ2v) is 3.83. The fraction of sp³-hybridized carbons (Fsp3) is 0.778. The molecule has 5 heteroatoms. The molecule has 0 amide bonds. The third kappa shape index (κ3) is 2.30. The summed E-state index contributed by atoms with van der Waals surface area (Å²) in [6.07, 6.45) is 2.11. The van der Waals surface area contributed by atoms with Gasteiger partial charge in [0.1, 0.15) is 11.4 Å². The summed E-state index contributed by atoms with van der Waals surface area (Å²) in [5.74, 6) is 0.513. The number of aliphatic hydroxyl groups is 1. The van der Waals surface area contributed by atoms with E-state index in [0.717, 1.165) is 24.2 Å². The third-order valence-electron chi connectivity index (χ3n) is 2.56. The first-order chi connectivity index (χ1) is 6.77. The molecule has 1 unspecified atom stereocenters. The van der Waals surface area contributed by atoms with E-state index in [9.17, 15) is 5.11 Å². The lowest BCUT2D eigenvalue weighted by Crippen LogP contribution is -2.28. The van der Waals surface area contributed by atoms with Crippen LogP contribution in [0.15, 0.2) is 4.63 Å². The van der Waals surface area contributed by atoms with Gasteiger partial charge in [-0.05, 0) is 25.7 Å². The van der Waals surface area contributed by atoms with Crippen molar-refractivity contribution < 1.29 is 9.74 Å². The Morgan fingerprint density at radius 1 is 1.57 bits per heavy atom. The quantitative estimate of drug-likeness (QED) is 0.707. The lowest BCUT2D eigenvalue weighted by Gasteiger charge is -2.08. The number of nitrogens with one attached hydrogen (secondary N) is 1. The summed E-state index contributed by atoms with van der Waals surface area (Å²) in [5.41, 5.74) is 1.62. The van der Waals surface area contributed by atoms with Crippen LogP contribution in [0.5, 0.6) is 0 Å². The van der Waals surface area contributed by atoms with E-state index in [4.69, 9.17) is 0 Å². The molecule has 1 atom stereocenters. The Kier molecular flexibility index (Phi) is 2.79. The van der Waals surface area contributed by atoms with Crippen molar-refractivity contribution >= 4 is 0 Å². The SMILES string of the molecule is Cc1nonc1CNCC(O)C1CC1. The summed E-state index contributed by atoms with van der Waals surface area (Å²) in [6.45, 7) is 3.08. The topological polar surface area (TPSA) is 71.2 Å². The second-order valence-electron chi connectivity index (χ2n) is 3.83. The second kappa shape index (κ2) is 4.06. The molecule has 1 aromatic heterocycles. The largest absolute Gasteiger partial charge is 0.392 e. The Bertz CT molecular complexity index is 296. The average molecular weight is 197 g/mol. The minimum Gasteiger partial charge on any atom is -0.392 e. The Hall–Kier alpha value is -0.940. The highest BCUT2D eigenvalue weighted by atomic mass is 16.6. The predicted octanol–water partition coefficient (Wildman–Crippen LogP) is 0.239. The smallest absolute Gasteiger partial charge is 0.121 e. The lowest BCUT2D eigenvalue weighted by molar-refractivity contribution is 0.148. The molecule has 1 fully saturated rings. The minimum atomic E-state index is -0.213. The first-order valence-corrected chi connectivity index (χ1v) is 4.94. The van der Waals surface area contributed by atoms with Crippen molar-refractivity contribution in [3.63, 3.8) is 0 Å². The molecule has 14 heavy (non-hydrogen) atoms. The lowest BCUT2D eigenvalue weighted by atomic mass is 10.2. The normalized spacial score (nSPS) is 18.4. The van der Waals surface area contributed by atoms with Gasteiger partial charge in [0.25, 0.3) is 0 Å². The maximum atomic E-state index is 9.56. The Morgan fingerprint density at radius 3 is 2.93 bits per heavy atom. The van der Waals surface area contributed by atoms with Crippen molar-refractivity contribution in [1.82, 2.24) is 15.6 Å². The van der Waals surface area contributed by atoms with Crippen LogP contribution in [0.2, 0.25) is 0 Å². The highest BCUT2D eigenvalue weighted by molar-refractivity contribution is 5.03. The summed E-state index contributed by atoms with van der Waals surface area (Å²) in [6, 6.07) is 0. The zero-order chi connectivity index (χ0) is 9.97. The maximum Gasteiger partial charge on any atom is 0.121 e. The predicted molar refractivity (Wildman–Crippen MR) is 49.5 cm³/mol. The van der Waals surface area contributed by atoms with Gasteiger partial charge in [0.05, 0.1) is 6.10 Å². The van der Waals surface area contributed by atoms with Gasteiger partial charge < -0.3 is 10.4 Å². The van der Waals surface area contributed by atoms with E-state index < -0.39 is 0 Å². The van der Waals surface area contributed by atoms with Gasteiger partial charge in [-0.3, -0.25) is 0 Å². The van der Waals surface area contributed by atoms with Crippen LogP contribution in [-0.4, -0.2) is 28.1 Å². The van der Waals surface area contributed by atoms with E-state index in [2.05, 4.69) is 20.3 Å². The molecule has 1 aromatic rings. The van der Waals surface area contributed by atoms with Crippen molar-refractivity contribution in [3.8, 4) is 0 Å². The van der Waals surface area contributed by atoms with Crippen LogP contribution in [0.25, 0.3) is 0 Å². The van der Waals surface area contributed by atoms with Gasteiger partial charge in [0.2, 0.25) is 0 Å². The van der Waals surface area contributed by atoms with Gasteiger partial charge in [-0.25, -0.2) is 4.63 Å². The number of aromatic nitrogens is 2. The van der Waals surface area contributed by atoms with Gasteiger partial charge >= 0.3 is 0 Å². The van der Waals surface area contributed by atoms with E-state index in [0.29, 0.717) is 19.0 Å². The molecule has 78 valence electrons. The highest BCUT2D eigenvalue weighted by Crippen LogP contribution is 2.32. The molecule has 5 nitrogen and oxygen atoms in total. The fourth-order valence-corrected chi connectivity index (χ4v) is 1.40. The standard InChI is InChI=1S/C9H15N3O2/c1-6-8(12-14-11-6)4-10-5-9(13)7-2-3-7/h7,9-10,13H,2-5H2,1H3. The minimum absolute atomic E-state index is 0.213. The van der Waals surface area contributed by atoms with E-state index in [1.807, 2.05) is 6.92 Å². The van der Waals surface area contributed by atoms with Crippen molar-refractivity contribution in [2.75, 3.05) is 6.54 Å². The van der Waals surface area contributed by atoms with Crippen molar-refractivity contribution in [2.45, 2.75) is 32.4 Å². The number of rotatable bonds is 5. The highest BCUT2D eigenvalue weighted by Gasteiger charge is 2.29. The summed E-state index contributed by atoms with van der Waals surface area (Å²) in [7, 11) is 0. The third-order valence-corrected chi connectivity index (χ3v) is 2.56. The van der Waals surface area contributed by atoms with E-state index in [1.165, 1.54) is 0 Å². The molecule has 0 bridgehead atoms. The van der Waals surface area contributed by atoms with Gasteiger partial charge in [0.15, 0.2) is 0 Å². The van der Waals surface area contributed by atoms with Gasteiger partial charge in [-0.1, -0.05) is 10.3 Å². The van der Waals surface area contributed by atoms with Crippen LogP contribution < -0.4 is 5.32 Å². The summed E-state index contributed by atoms with van der Waals surface area (Å²) in [4.78, 5) is 0. The summed E-state index contributed by atoms with van der Waals surface area (Å²) in [5, 5.41) is 20.1. The molecule has 0 radical (unpaired) electrons. The van der Waals surface area contributed by atoms with E-state index in [-0.39, 0.29) is 6.10 Å². The van der Waals surface area contributed by atoms with Gasteiger partial charge in [0, 0.05) is 13.1 Å². The fourth-order valence-electron chi connectivity index (χ4n) is 1.40. The zero-order valence-corrected chi connectivity index (χ0v) is 8.23. The Balaban J connectivity index is 1.69.